The summed E-state index contributed by atoms with van der Waals surface area (Å²) in [7, 11) is 0. The molecule has 1 aliphatic heterocycles. The van der Waals surface area contributed by atoms with Crippen LogP contribution in [0.4, 0.5) is 11.4 Å². The molecule has 0 radical (unpaired) electrons. The molecule has 1 N–H and O–H groups in total. The fourth-order valence-corrected chi connectivity index (χ4v) is 3.73. The van der Waals surface area contributed by atoms with E-state index in [-0.39, 0.29) is 11.7 Å². The highest BCUT2D eigenvalue weighted by atomic mass is 32.2. The van der Waals surface area contributed by atoms with Gasteiger partial charge in [-0.25, -0.2) is 4.99 Å². The molecule has 0 atom stereocenters. The fraction of sp³-hybridized carbons (Fsp3) is 0. The second-order valence-corrected chi connectivity index (χ2v) is 6.92. The Hall–Kier alpha value is -3.31. The molecule has 1 heterocycles. The second-order valence-electron chi connectivity index (χ2n) is 5.91. The minimum Gasteiger partial charge on any atom is -0.508 e. The number of carbonyl (C=O) groups is 1. The quantitative estimate of drug-likeness (QED) is 0.643. The molecule has 0 aliphatic carbocycles. The first kappa shape index (κ1) is 17.1. The van der Waals surface area contributed by atoms with Crippen molar-refractivity contribution < 1.29 is 9.90 Å². The summed E-state index contributed by atoms with van der Waals surface area (Å²) in [5.74, 6) is 0.0297. The molecule has 1 fully saturated rings. The standard InChI is InChI=1S/C22H16N2O2S/c25-19-13-7-8-16(14-19)15-20-21(26)24(18-11-5-2-6-12-18)22(27-20)23-17-9-3-1-4-10-17/h1-15,25H/b20-15-,23-22?. The van der Waals surface area contributed by atoms with Crippen molar-refractivity contribution in [2.75, 3.05) is 4.90 Å². The minimum atomic E-state index is -0.135. The monoisotopic (exact) mass is 372 g/mol. The third-order valence-electron chi connectivity index (χ3n) is 3.97. The van der Waals surface area contributed by atoms with E-state index in [4.69, 9.17) is 0 Å². The maximum Gasteiger partial charge on any atom is 0.271 e. The van der Waals surface area contributed by atoms with E-state index < -0.39 is 0 Å². The lowest BCUT2D eigenvalue weighted by Crippen LogP contribution is -2.28. The number of aliphatic imine (C=N–C) groups is 1. The maximum atomic E-state index is 13.1. The average molecular weight is 372 g/mol. The van der Waals surface area contributed by atoms with Gasteiger partial charge in [0.2, 0.25) is 0 Å². The van der Waals surface area contributed by atoms with Gasteiger partial charge in [-0.15, -0.1) is 0 Å². The van der Waals surface area contributed by atoms with Gasteiger partial charge < -0.3 is 5.11 Å². The van der Waals surface area contributed by atoms with E-state index in [0.717, 1.165) is 16.9 Å². The number of thioether (sulfide) groups is 1. The van der Waals surface area contributed by atoms with E-state index in [1.807, 2.05) is 66.7 Å². The van der Waals surface area contributed by atoms with Crippen molar-refractivity contribution in [1.82, 2.24) is 0 Å². The molecule has 27 heavy (non-hydrogen) atoms. The van der Waals surface area contributed by atoms with Gasteiger partial charge in [0.15, 0.2) is 5.17 Å². The van der Waals surface area contributed by atoms with Gasteiger partial charge in [-0.2, -0.15) is 0 Å². The van der Waals surface area contributed by atoms with E-state index in [9.17, 15) is 9.90 Å². The second kappa shape index (κ2) is 7.51. The first-order valence-electron chi connectivity index (χ1n) is 8.42. The number of hydrogen-bond donors (Lipinski definition) is 1. The van der Waals surface area contributed by atoms with E-state index in [0.29, 0.717) is 10.1 Å². The Bertz CT molecular complexity index is 1030. The molecule has 1 aliphatic rings. The predicted molar refractivity (Wildman–Crippen MR) is 111 cm³/mol. The zero-order valence-corrected chi connectivity index (χ0v) is 15.1. The zero-order valence-electron chi connectivity index (χ0n) is 14.3. The van der Waals surface area contributed by atoms with Crippen molar-refractivity contribution in [2.24, 2.45) is 4.99 Å². The highest BCUT2D eigenvalue weighted by molar-refractivity contribution is 8.19. The molecule has 0 aromatic heterocycles. The number of amides is 1. The van der Waals surface area contributed by atoms with E-state index >= 15 is 0 Å². The number of phenolic OH excluding ortho intramolecular Hbond substituents is 1. The normalized spacial score (nSPS) is 17.0. The van der Waals surface area contributed by atoms with Crippen molar-refractivity contribution >= 4 is 40.3 Å². The van der Waals surface area contributed by atoms with Crippen molar-refractivity contribution in [3.05, 3.63) is 95.4 Å². The topological polar surface area (TPSA) is 52.9 Å². The highest BCUT2D eigenvalue weighted by Gasteiger charge is 2.34. The number of phenols is 1. The van der Waals surface area contributed by atoms with Crippen LogP contribution in [0, 0.1) is 0 Å². The van der Waals surface area contributed by atoms with Crippen LogP contribution in [-0.2, 0) is 4.79 Å². The van der Waals surface area contributed by atoms with Gasteiger partial charge in [-0.05, 0) is 59.8 Å². The molecule has 4 rings (SSSR count). The summed E-state index contributed by atoms with van der Waals surface area (Å²) >= 11 is 1.32. The summed E-state index contributed by atoms with van der Waals surface area (Å²) in [6.45, 7) is 0. The van der Waals surface area contributed by atoms with Crippen LogP contribution >= 0.6 is 11.8 Å². The Morgan fingerprint density at radius 2 is 1.59 bits per heavy atom. The molecule has 0 spiro atoms. The third-order valence-corrected chi connectivity index (χ3v) is 4.94. The summed E-state index contributed by atoms with van der Waals surface area (Å²) in [4.78, 5) is 19.9. The van der Waals surface area contributed by atoms with Gasteiger partial charge in [-0.1, -0.05) is 48.5 Å². The number of nitrogens with zero attached hydrogens (tertiary/aromatic N) is 2. The van der Waals surface area contributed by atoms with Gasteiger partial charge in [-0.3, -0.25) is 9.69 Å². The Labute approximate surface area is 161 Å². The minimum absolute atomic E-state index is 0.135. The third kappa shape index (κ3) is 3.78. The van der Waals surface area contributed by atoms with Gasteiger partial charge in [0.25, 0.3) is 5.91 Å². The lowest BCUT2D eigenvalue weighted by molar-refractivity contribution is -0.113. The molecule has 1 amide bonds. The molecular formula is C22H16N2O2S. The Morgan fingerprint density at radius 3 is 2.30 bits per heavy atom. The molecule has 4 nitrogen and oxygen atoms in total. The summed E-state index contributed by atoms with van der Waals surface area (Å²) < 4.78 is 0. The summed E-state index contributed by atoms with van der Waals surface area (Å²) in [6.07, 6.45) is 1.77. The first-order valence-corrected chi connectivity index (χ1v) is 9.24. The highest BCUT2D eigenvalue weighted by Crippen LogP contribution is 2.37. The number of para-hydroxylation sites is 2. The van der Waals surface area contributed by atoms with Crippen LogP contribution in [0.25, 0.3) is 6.08 Å². The summed E-state index contributed by atoms with van der Waals surface area (Å²) in [6, 6.07) is 25.9. The molecule has 1 saturated heterocycles. The van der Waals surface area contributed by atoms with Crippen molar-refractivity contribution in [3.8, 4) is 5.75 Å². The van der Waals surface area contributed by atoms with Crippen LogP contribution in [0.1, 0.15) is 5.56 Å². The van der Waals surface area contributed by atoms with E-state index in [1.54, 1.807) is 29.2 Å². The number of carbonyl (C=O) groups excluding carboxylic acids is 1. The van der Waals surface area contributed by atoms with Gasteiger partial charge in [0, 0.05) is 0 Å². The molecule has 132 valence electrons. The van der Waals surface area contributed by atoms with Crippen molar-refractivity contribution in [2.45, 2.75) is 0 Å². The van der Waals surface area contributed by atoms with Crippen LogP contribution in [0.3, 0.4) is 0 Å². The molecule has 3 aromatic carbocycles. The SMILES string of the molecule is O=C1/C(=C/c2cccc(O)c2)SC(=Nc2ccccc2)N1c1ccccc1. The van der Waals surface area contributed by atoms with E-state index in [1.165, 1.54) is 11.8 Å². The van der Waals surface area contributed by atoms with Crippen LogP contribution in [0.2, 0.25) is 0 Å². The summed E-state index contributed by atoms with van der Waals surface area (Å²) in [5.41, 5.74) is 2.32. The van der Waals surface area contributed by atoms with Gasteiger partial charge >= 0.3 is 0 Å². The molecule has 0 unspecified atom stereocenters. The fourth-order valence-electron chi connectivity index (χ4n) is 2.73. The van der Waals surface area contributed by atoms with Crippen LogP contribution < -0.4 is 4.90 Å². The van der Waals surface area contributed by atoms with Crippen LogP contribution in [0.5, 0.6) is 5.75 Å². The Balaban J connectivity index is 1.77. The maximum absolute atomic E-state index is 13.1. The first-order chi connectivity index (χ1) is 13.2. The Kier molecular flexibility index (Phi) is 4.77. The number of amidine groups is 1. The number of rotatable bonds is 3. The molecule has 3 aromatic rings. The average Bonchev–Trinajstić information content (AvgIpc) is 2.98. The molecular weight excluding hydrogens is 356 g/mol. The number of hydrogen-bond acceptors (Lipinski definition) is 4. The van der Waals surface area contributed by atoms with Gasteiger partial charge in [0.05, 0.1) is 16.3 Å². The number of aromatic hydroxyl groups is 1. The largest absolute Gasteiger partial charge is 0.508 e. The molecule has 0 saturated carbocycles. The Morgan fingerprint density at radius 1 is 0.889 bits per heavy atom. The van der Waals surface area contributed by atoms with Crippen LogP contribution in [-0.4, -0.2) is 16.2 Å². The van der Waals surface area contributed by atoms with Gasteiger partial charge in [0.1, 0.15) is 5.75 Å². The number of anilines is 1. The molecule has 5 heteroatoms. The van der Waals surface area contributed by atoms with Crippen molar-refractivity contribution in [3.63, 3.8) is 0 Å². The lowest BCUT2D eigenvalue weighted by Gasteiger charge is -2.15. The predicted octanol–water partition coefficient (Wildman–Crippen LogP) is 5.20. The van der Waals surface area contributed by atoms with Crippen molar-refractivity contribution in [1.29, 1.82) is 0 Å². The molecule has 0 bridgehead atoms. The number of benzene rings is 3. The summed E-state index contributed by atoms with van der Waals surface area (Å²) in [5, 5.41) is 10.3. The zero-order chi connectivity index (χ0) is 18.6. The lowest BCUT2D eigenvalue weighted by atomic mass is 10.2. The van der Waals surface area contributed by atoms with Crippen LogP contribution in [0.15, 0.2) is 94.8 Å². The van der Waals surface area contributed by atoms with E-state index in [2.05, 4.69) is 4.99 Å². The smallest absolute Gasteiger partial charge is 0.271 e.